The van der Waals surface area contributed by atoms with E-state index in [2.05, 4.69) is 32.1 Å². The maximum atomic E-state index is 12.7. The van der Waals surface area contributed by atoms with Gasteiger partial charge in [-0.15, -0.1) is 0 Å². The number of hydrogen-bond acceptors (Lipinski definition) is 6. The predicted molar refractivity (Wildman–Crippen MR) is 128 cm³/mol. The van der Waals surface area contributed by atoms with Gasteiger partial charge in [0.25, 0.3) is 17.7 Å². The molecule has 0 unspecified atom stereocenters. The molecule has 0 aliphatic heterocycles. The fraction of sp³-hybridized carbons (Fsp3) is 0.0833. The summed E-state index contributed by atoms with van der Waals surface area (Å²) in [4.78, 5) is 48.4. The monoisotopic (exact) mass is 525 g/mol. The average Bonchev–Trinajstić information content (AvgIpc) is 2.82. The van der Waals surface area contributed by atoms with E-state index in [4.69, 9.17) is 9.47 Å². The number of nitrogens with one attached hydrogen (secondary N) is 3. The van der Waals surface area contributed by atoms with Gasteiger partial charge in [0.15, 0.2) is 11.5 Å². The number of amides is 3. The smallest absolute Gasteiger partial charge is 0.308 e. The molecular weight excluding hydrogens is 506 g/mol. The molecule has 0 spiro atoms. The number of hydrazine groups is 1. The van der Waals surface area contributed by atoms with Crippen molar-refractivity contribution in [1.29, 1.82) is 0 Å². The molecule has 3 aromatic carbocycles. The van der Waals surface area contributed by atoms with Crippen molar-refractivity contribution >= 4 is 45.3 Å². The summed E-state index contributed by atoms with van der Waals surface area (Å²) in [5, 5.41) is 2.69. The van der Waals surface area contributed by atoms with Gasteiger partial charge >= 0.3 is 5.97 Å². The Morgan fingerprint density at radius 1 is 0.735 bits per heavy atom. The first-order chi connectivity index (χ1) is 16.3. The Morgan fingerprint density at radius 2 is 1.35 bits per heavy atom. The molecule has 0 radical (unpaired) electrons. The lowest BCUT2D eigenvalue weighted by Gasteiger charge is -2.11. The quantitative estimate of drug-likeness (QED) is 0.256. The molecule has 0 aliphatic carbocycles. The van der Waals surface area contributed by atoms with Gasteiger partial charge in [0, 0.05) is 33.8 Å². The third kappa shape index (κ3) is 6.42. The van der Waals surface area contributed by atoms with Crippen LogP contribution in [-0.4, -0.2) is 30.8 Å². The second kappa shape index (κ2) is 11.1. The van der Waals surface area contributed by atoms with E-state index in [0.717, 1.165) is 4.47 Å². The van der Waals surface area contributed by atoms with Gasteiger partial charge in [-0.05, 0) is 60.7 Å². The molecule has 0 heterocycles. The van der Waals surface area contributed by atoms with E-state index < -0.39 is 23.7 Å². The van der Waals surface area contributed by atoms with Crippen molar-refractivity contribution in [3.05, 3.63) is 87.9 Å². The van der Waals surface area contributed by atoms with E-state index >= 15 is 0 Å². The van der Waals surface area contributed by atoms with Crippen LogP contribution in [0.2, 0.25) is 0 Å². The number of ether oxygens (including phenoxy) is 2. The third-order valence-corrected chi connectivity index (χ3v) is 4.99. The summed E-state index contributed by atoms with van der Waals surface area (Å²) in [7, 11) is 1.39. The van der Waals surface area contributed by atoms with Gasteiger partial charge in [0.1, 0.15) is 0 Å². The summed E-state index contributed by atoms with van der Waals surface area (Å²) in [6.45, 7) is 1.26. The summed E-state index contributed by atoms with van der Waals surface area (Å²) >= 11 is 3.29. The molecule has 3 rings (SSSR count). The van der Waals surface area contributed by atoms with Crippen molar-refractivity contribution in [2.45, 2.75) is 6.92 Å². The van der Waals surface area contributed by atoms with E-state index in [0.29, 0.717) is 11.3 Å². The van der Waals surface area contributed by atoms with Gasteiger partial charge in [0.2, 0.25) is 0 Å². The number of esters is 1. The van der Waals surface area contributed by atoms with Gasteiger partial charge in [-0.1, -0.05) is 22.0 Å². The molecular formula is C24H20BrN3O6. The minimum absolute atomic E-state index is 0.190. The standard InChI is InChI=1S/C24H20BrN3O6/c1-14(29)34-20-11-8-17(13-21(20)33-2)22(30)26-19-5-3-4-16(12-19)24(32)28-27-23(31)15-6-9-18(25)10-7-15/h3-13H,1-2H3,(H,26,30)(H,27,31)(H,28,32). The number of hydrogen-bond donors (Lipinski definition) is 3. The number of carbonyl (C=O) groups is 4. The van der Waals surface area contributed by atoms with Crippen molar-refractivity contribution in [2.24, 2.45) is 0 Å². The lowest BCUT2D eigenvalue weighted by molar-refractivity contribution is -0.132. The molecule has 10 heteroatoms. The highest BCUT2D eigenvalue weighted by Gasteiger charge is 2.14. The maximum absolute atomic E-state index is 12.7. The predicted octanol–water partition coefficient (Wildman–Crippen LogP) is 3.71. The van der Waals surface area contributed by atoms with Crippen molar-refractivity contribution in [3.8, 4) is 11.5 Å². The average molecular weight is 526 g/mol. The summed E-state index contributed by atoms with van der Waals surface area (Å²) < 4.78 is 11.0. The Bertz CT molecular complexity index is 1240. The Kier molecular flexibility index (Phi) is 7.99. The number of halogens is 1. The molecule has 9 nitrogen and oxygen atoms in total. The van der Waals surface area contributed by atoms with Crippen LogP contribution in [0.4, 0.5) is 5.69 Å². The lowest BCUT2D eigenvalue weighted by Crippen LogP contribution is -2.41. The Hall–Kier alpha value is -4.18. The molecule has 0 aliphatic rings. The SMILES string of the molecule is COc1cc(C(=O)Nc2cccc(C(=O)NNC(=O)c3ccc(Br)cc3)c2)ccc1OC(C)=O. The zero-order chi connectivity index (χ0) is 24.7. The van der Waals surface area contributed by atoms with E-state index in [9.17, 15) is 19.2 Å². The zero-order valence-electron chi connectivity index (χ0n) is 18.2. The first-order valence-electron chi connectivity index (χ1n) is 9.91. The van der Waals surface area contributed by atoms with Crippen LogP contribution in [0, 0.1) is 0 Å². The van der Waals surface area contributed by atoms with Crippen molar-refractivity contribution in [3.63, 3.8) is 0 Å². The van der Waals surface area contributed by atoms with Crippen LogP contribution in [0.1, 0.15) is 38.0 Å². The second-order valence-electron chi connectivity index (χ2n) is 6.91. The first kappa shape index (κ1) is 24.5. The molecule has 0 bridgehead atoms. The number of benzene rings is 3. The molecule has 3 amide bonds. The molecule has 0 aromatic heterocycles. The van der Waals surface area contributed by atoms with Crippen LogP contribution >= 0.6 is 15.9 Å². The Labute approximate surface area is 203 Å². The lowest BCUT2D eigenvalue weighted by atomic mass is 10.1. The van der Waals surface area contributed by atoms with E-state index in [-0.39, 0.29) is 22.6 Å². The normalized spacial score (nSPS) is 10.1. The highest BCUT2D eigenvalue weighted by Crippen LogP contribution is 2.28. The van der Waals surface area contributed by atoms with Crippen LogP contribution in [0.3, 0.4) is 0 Å². The third-order valence-electron chi connectivity index (χ3n) is 4.46. The Balaban J connectivity index is 1.65. The van der Waals surface area contributed by atoms with Crippen LogP contribution in [0.25, 0.3) is 0 Å². The molecule has 3 N–H and O–H groups in total. The topological polar surface area (TPSA) is 123 Å². The Morgan fingerprint density at radius 3 is 2.00 bits per heavy atom. The second-order valence-corrected chi connectivity index (χ2v) is 7.83. The minimum atomic E-state index is -0.561. The first-order valence-corrected chi connectivity index (χ1v) is 10.7. The van der Waals surface area contributed by atoms with E-state index in [1.165, 1.54) is 44.4 Å². The highest BCUT2D eigenvalue weighted by atomic mass is 79.9. The minimum Gasteiger partial charge on any atom is -0.493 e. The van der Waals surface area contributed by atoms with Crippen LogP contribution in [0.5, 0.6) is 11.5 Å². The number of carbonyl (C=O) groups excluding carboxylic acids is 4. The molecule has 0 saturated carbocycles. The molecule has 0 fully saturated rings. The zero-order valence-corrected chi connectivity index (χ0v) is 19.8. The van der Waals surface area contributed by atoms with Crippen LogP contribution in [-0.2, 0) is 4.79 Å². The summed E-state index contributed by atoms with van der Waals surface area (Å²) in [5.74, 6) is -1.61. The molecule has 3 aromatic rings. The van der Waals surface area contributed by atoms with Crippen LogP contribution in [0.15, 0.2) is 71.2 Å². The van der Waals surface area contributed by atoms with E-state index in [1.807, 2.05) is 0 Å². The number of rotatable bonds is 6. The highest BCUT2D eigenvalue weighted by molar-refractivity contribution is 9.10. The van der Waals surface area contributed by atoms with Crippen molar-refractivity contribution in [1.82, 2.24) is 10.9 Å². The van der Waals surface area contributed by atoms with Gasteiger partial charge in [-0.25, -0.2) is 0 Å². The summed E-state index contributed by atoms with van der Waals surface area (Å²) in [6.07, 6.45) is 0. The van der Waals surface area contributed by atoms with Gasteiger partial charge < -0.3 is 14.8 Å². The molecule has 34 heavy (non-hydrogen) atoms. The fourth-order valence-electron chi connectivity index (χ4n) is 2.85. The van der Waals surface area contributed by atoms with Crippen LogP contribution < -0.4 is 25.6 Å². The summed E-state index contributed by atoms with van der Waals surface area (Å²) in [5.41, 5.74) is 5.89. The number of methoxy groups -OCH3 is 1. The largest absolute Gasteiger partial charge is 0.493 e. The van der Waals surface area contributed by atoms with Gasteiger partial charge in [-0.3, -0.25) is 30.0 Å². The van der Waals surface area contributed by atoms with Crippen molar-refractivity contribution in [2.75, 3.05) is 12.4 Å². The summed E-state index contributed by atoms with van der Waals surface area (Å²) in [6, 6.07) is 17.2. The van der Waals surface area contributed by atoms with Gasteiger partial charge in [-0.2, -0.15) is 0 Å². The van der Waals surface area contributed by atoms with Crippen molar-refractivity contribution < 1.29 is 28.7 Å². The molecule has 0 saturated heterocycles. The molecule has 174 valence electrons. The van der Waals surface area contributed by atoms with E-state index in [1.54, 1.807) is 36.4 Å². The number of anilines is 1. The molecule has 0 atom stereocenters. The van der Waals surface area contributed by atoms with Gasteiger partial charge in [0.05, 0.1) is 7.11 Å². The fourth-order valence-corrected chi connectivity index (χ4v) is 3.11. The maximum Gasteiger partial charge on any atom is 0.308 e.